The Kier molecular flexibility index (Phi) is 2.02. The maximum absolute atomic E-state index is 5.62. The van der Waals surface area contributed by atoms with Gasteiger partial charge in [-0.3, -0.25) is 0 Å². The van der Waals surface area contributed by atoms with Crippen LogP contribution in [-0.4, -0.2) is 16.2 Å². The van der Waals surface area contributed by atoms with E-state index in [-0.39, 0.29) is 0 Å². The highest BCUT2D eigenvalue weighted by molar-refractivity contribution is 5.54. The van der Waals surface area contributed by atoms with Crippen molar-refractivity contribution in [2.24, 2.45) is 5.73 Å². The van der Waals surface area contributed by atoms with Gasteiger partial charge in [0.15, 0.2) is 0 Å². The Labute approximate surface area is 77.2 Å². The van der Waals surface area contributed by atoms with Crippen molar-refractivity contribution in [2.75, 3.05) is 6.54 Å². The lowest BCUT2D eigenvalue weighted by Crippen LogP contribution is -2.08. The summed E-state index contributed by atoms with van der Waals surface area (Å²) in [5.74, 6) is 0.375. The molecular formula is C10H13N3. The summed E-state index contributed by atoms with van der Waals surface area (Å²) in [7, 11) is 0. The van der Waals surface area contributed by atoms with E-state index in [9.17, 15) is 0 Å². The lowest BCUT2D eigenvalue weighted by Gasteiger charge is -2.05. The SMILES string of the molecule is CC(CN)c1cnn2ccccc12. The second-order valence-electron chi connectivity index (χ2n) is 3.27. The monoisotopic (exact) mass is 175 g/mol. The summed E-state index contributed by atoms with van der Waals surface area (Å²) in [6.07, 6.45) is 3.84. The van der Waals surface area contributed by atoms with Gasteiger partial charge in [0, 0.05) is 11.8 Å². The van der Waals surface area contributed by atoms with Gasteiger partial charge in [-0.05, 0) is 24.6 Å². The van der Waals surface area contributed by atoms with Crippen molar-refractivity contribution < 1.29 is 0 Å². The summed E-state index contributed by atoms with van der Waals surface area (Å²) in [5, 5.41) is 4.25. The molecule has 1 atom stereocenters. The van der Waals surface area contributed by atoms with Gasteiger partial charge in [0.25, 0.3) is 0 Å². The Morgan fingerprint density at radius 1 is 1.54 bits per heavy atom. The Hall–Kier alpha value is -1.35. The van der Waals surface area contributed by atoms with E-state index in [4.69, 9.17) is 5.73 Å². The molecule has 0 fully saturated rings. The van der Waals surface area contributed by atoms with Gasteiger partial charge in [0.2, 0.25) is 0 Å². The summed E-state index contributed by atoms with van der Waals surface area (Å²) in [6.45, 7) is 2.78. The molecule has 0 spiro atoms. The molecule has 0 aliphatic heterocycles. The minimum atomic E-state index is 0.375. The molecule has 2 heterocycles. The van der Waals surface area contributed by atoms with Gasteiger partial charge >= 0.3 is 0 Å². The summed E-state index contributed by atoms with van der Waals surface area (Å²) in [5.41, 5.74) is 8.00. The number of nitrogens with zero attached hydrogens (tertiary/aromatic N) is 2. The molecule has 2 aromatic rings. The molecule has 2 rings (SSSR count). The Balaban J connectivity index is 2.57. The maximum Gasteiger partial charge on any atom is 0.0696 e. The highest BCUT2D eigenvalue weighted by Gasteiger charge is 2.08. The molecule has 0 bridgehead atoms. The van der Waals surface area contributed by atoms with Crippen molar-refractivity contribution in [3.8, 4) is 0 Å². The highest BCUT2D eigenvalue weighted by Crippen LogP contribution is 2.18. The Bertz CT molecular complexity index is 405. The zero-order valence-corrected chi connectivity index (χ0v) is 7.64. The molecule has 0 saturated carbocycles. The van der Waals surface area contributed by atoms with Crippen molar-refractivity contribution in [2.45, 2.75) is 12.8 Å². The number of rotatable bonds is 2. The number of hydrogen-bond donors (Lipinski definition) is 1. The topological polar surface area (TPSA) is 43.3 Å². The van der Waals surface area contributed by atoms with Crippen molar-refractivity contribution in [1.82, 2.24) is 9.61 Å². The van der Waals surface area contributed by atoms with Crippen LogP contribution >= 0.6 is 0 Å². The number of hydrogen-bond acceptors (Lipinski definition) is 2. The van der Waals surface area contributed by atoms with Crippen molar-refractivity contribution in [1.29, 1.82) is 0 Å². The zero-order valence-electron chi connectivity index (χ0n) is 7.64. The van der Waals surface area contributed by atoms with Crippen LogP contribution in [0.25, 0.3) is 5.52 Å². The van der Waals surface area contributed by atoms with Gasteiger partial charge in [0.05, 0.1) is 11.7 Å². The molecule has 0 aliphatic rings. The van der Waals surface area contributed by atoms with Crippen LogP contribution in [0.5, 0.6) is 0 Å². The first-order valence-electron chi connectivity index (χ1n) is 4.45. The smallest absolute Gasteiger partial charge is 0.0696 e. The second kappa shape index (κ2) is 3.18. The fourth-order valence-electron chi connectivity index (χ4n) is 1.46. The minimum Gasteiger partial charge on any atom is -0.330 e. The normalized spacial score (nSPS) is 13.4. The largest absolute Gasteiger partial charge is 0.330 e. The fourth-order valence-corrected chi connectivity index (χ4v) is 1.46. The fraction of sp³-hybridized carbons (Fsp3) is 0.300. The van der Waals surface area contributed by atoms with E-state index in [1.165, 1.54) is 5.56 Å². The van der Waals surface area contributed by atoms with E-state index in [1.807, 2.05) is 29.0 Å². The molecule has 3 nitrogen and oxygen atoms in total. The predicted molar refractivity (Wildman–Crippen MR) is 52.7 cm³/mol. The summed E-state index contributed by atoms with van der Waals surface area (Å²) >= 11 is 0. The lowest BCUT2D eigenvalue weighted by molar-refractivity contribution is 0.780. The first-order valence-corrected chi connectivity index (χ1v) is 4.45. The maximum atomic E-state index is 5.62. The number of nitrogens with two attached hydrogens (primary N) is 1. The number of pyridine rings is 1. The highest BCUT2D eigenvalue weighted by atomic mass is 15.2. The molecular weight excluding hydrogens is 162 g/mol. The Morgan fingerprint density at radius 2 is 2.38 bits per heavy atom. The molecule has 1 unspecified atom stereocenters. The third kappa shape index (κ3) is 1.31. The standard InChI is InChI=1S/C10H13N3/c1-8(6-11)9-7-12-13-5-3-2-4-10(9)13/h2-5,7-8H,6,11H2,1H3. The van der Waals surface area contributed by atoms with Crippen LogP contribution in [-0.2, 0) is 0 Å². The Morgan fingerprint density at radius 3 is 3.15 bits per heavy atom. The molecule has 0 saturated heterocycles. The first kappa shape index (κ1) is 8.26. The van der Waals surface area contributed by atoms with E-state index in [2.05, 4.69) is 18.1 Å². The molecule has 13 heavy (non-hydrogen) atoms. The van der Waals surface area contributed by atoms with E-state index >= 15 is 0 Å². The predicted octanol–water partition coefficient (Wildman–Crippen LogP) is 1.40. The lowest BCUT2D eigenvalue weighted by atomic mass is 10.0. The average molecular weight is 175 g/mol. The van der Waals surface area contributed by atoms with E-state index in [1.54, 1.807) is 0 Å². The molecule has 2 aromatic heterocycles. The van der Waals surface area contributed by atoms with E-state index in [0.29, 0.717) is 12.5 Å². The molecule has 0 aromatic carbocycles. The second-order valence-corrected chi connectivity index (χ2v) is 3.27. The first-order chi connectivity index (χ1) is 6.33. The molecule has 0 radical (unpaired) electrons. The van der Waals surface area contributed by atoms with Crippen LogP contribution in [0, 0.1) is 0 Å². The van der Waals surface area contributed by atoms with Crippen LogP contribution in [0.1, 0.15) is 18.4 Å². The van der Waals surface area contributed by atoms with Gasteiger partial charge in [-0.1, -0.05) is 13.0 Å². The van der Waals surface area contributed by atoms with Crippen LogP contribution in [0.15, 0.2) is 30.6 Å². The minimum absolute atomic E-state index is 0.375. The van der Waals surface area contributed by atoms with E-state index in [0.717, 1.165) is 5.52 Å². The average Bonchev–Trinajstić information content (AvgIpc) is 2.60. The third-order valence-corrected chi connectivity index (χ3v) is 2.34. The third-order valence-electron chi connectivity index (χ3n) is 2.34. The van der Waals surface area contributed by atoms with Crippen molar-refractivity contribution >= 4 is 5.52 Å². The summed E-state index contributed by atoms with van der Waals surface area (Å²) < 4.78 is 1.88. The van der Waals surface area contributed by atoms with Gasteiger partial charge in [-0.15, -0.1) is 0 Å². The van der Waals surface area contributed by atoms with Gasteiger partial charge in [-0.25, -0.2) is 4.52 Å². The van der Waals surface area contributed by atoms with Gasteiger partial charge < -0.3 is 5.73 Å². The molecule has 0 amide bonds. The molecule has 3 heteroatoms. The summed E-state index contributed by atoms with van der Waals surface area (Å²) in [4.78, 5) is 0. The van der Waals surface area contributed by atoms with Crippen LogP contribution in [0.3, 0.4) is 0 Å². The summed E-state index contributed by atoms with van der Waals surface area (Å²) in [6, 6.07) is 6.05. The van der Waals surface area contributed by atoms with Crippen LogP contribution in [0.4, 0.5) is 0 Å². The molecule has 0 aliphatic carbocycles. The van der Waals surface area contributed by atoms with Crippen molar-refractivity contribution in [3.05, 3.63) is 36.2 Å². The molecule has 68 valence electrons. The van der Waals surface area contributed by atoms with Gasteiger partial charge in [0.1, 0.15) is 0 Å². The number of fused-ring (bicyclic) bond motifs is 1. The van der Waals surface area contributed by atoms with Crippen LogP contribution in [0.2, 0.25) is 0 Å². The quantitative estimate of drug-likeness (QED) is 0.749. The zero-order chi connectivity index (χ0) is 9.26. The van der Waals surface area contributed by atoms with Crippen LogP contribution < -0.4 is 5.73 Å². The van der Waals surface area contributed by atoms with Crippen molar-refractivity contribution in [3.63, 3.8) is 0 Å². The number of aromatic nitrogens is 2. The molecule has 2 N–H and O–H groups in total. The van der Waals surface area contributed by atoms with Gasteiger partial charge in [-0.2, -0.15) is 5.10 Å². The van der Waals surface area contributed by atoms with E-state index < -0.39 is 0 Å².